The molecule has 0 amide bonds. The number of methoxy groups -OCH3 is 1. The van der Waals surface area contributed by atoms with Crippen LogP contribution in [0.2, 0.25) is 0 Å². The van der Waals surface area contributed by atoms with Crippen LogP contribution >= 0.6 is 0 Å². The van der Waals surface area contributed by atoms with Crippen LogP contribution in [-0.4, -0.2) is 33.5 Å². The van der Waals surface area contributed by atoms with Gasteiger partial charge in [-0.2, -0.15) is 0 Å². The van der Waals surface area contributed by atoms with Gasteiger partial charge in [0, 0.05) is 40.2 Å². The maximum Gasteiger partial charge on any atom is 0.418 e. The summed E-state index contributed by atoms with van der Waals surface area (Å²) in [6.45, 7) is 0. The second-order valence-corrected chi connectivity index (χ2v) is 5.91. The van der Waals surface area contributed by atoms with Crippen molar-refractivity contribution in [2.45, 2.75) is 0 Å². The highest BCUT2D eigenvalue weighted by Crippen LogP contribution is 2.31. The summed E-state index contributed by atoms with van der Waals surface area (Å²) in [6, 6.07) is 12.7. The van der Waals surface area contributed by atoms with Crippen LogP contribution < -0.4 is 0 Å². The first-order chi connectivity index (χ1) is 13.0. The normalized spacial score (nSPS) is 11.0. The predicted molar refractivity (Wildman–Crippen MR) is 98.1 cm³/mol. The molecular weight excluding hydrogens is 350 g/mol. The summed E-state index contributed by atoms with van der Waals surface area (Å²) in [4.78, 5) is 38.8. The lowest BCUT2D eigenvalue weighted by molar-refractivity contribution is -0.384. The summed E-state index contributed by atoms with van der Waals surface area (Å²) in [5.41, 5.74) is 1.70. The maximum absolute atomic E-state index is 13.2. The quantitative estimate of drug-likeness (QED) is 0.338. The first kappa shape index (κ1) is 16.5. The Hall–Kier alpha value is -3.94. The van der Waals surface area contributed by atoms with Crippen LogP contribution in [-0.2, 0) is 4.74 Å². The molecule has 8 nitrogen and oxygen atoms in total. The number of H-pyrrole nitrogens is 1. The number of non-ortho nitro benzene ring substituents is 1. The van der Waals surface area contributed by atoms with E-state index >= 15 is 0 Å². The Bertz CT molecular complexity index is 1220. The smallest absolute Gasteiger partial charge is 0.418 e. The lowest BCUT2D eigenvalue weighted by Crippen LogP contribution is -2.17. The van der Waals surface area contributed by atoms with E-state index in [1.165, 1.54) is 37.6 Å². The summed E-state index contributed by atoms with van der Waals surface area (Å²) >= 11 is 0. The van der Waals surface area contributed by atoms with E-state index in [-0.39, 0.29) is 16.9 Å². The van der Waals surface area contributed by atoms with Gasteiger partial charge in [-0.1, -0.05) is 18.2 Å². The molecule has 0 aliphatic carbocycles. The summed E-state index contributed by atoms with van der Waals surface area (Å²) in [5, 5.41) is 12.2. The third-order valence-corrected chi connectivity index (χ3v) is 4.40. The predicted octanol–water partition coefficient (Wildman–Crippen LogP) is 3.88. The molecule has 134 valence electrons. The number of nitrogens with one attached hydrogen (secondary N) is 1. The number of hydrogen-bond acceptors (Lipinski definition) is 5. The van der Waals surface area contributed by atoms with E-state index in [2.05, 4.69) is 4.98 Å². The molecule has 0 unspecified atom stereocenters. The maximum atomic E-state index is 13.2. The third-order valence-electron chi connectivity index (χ3n) is 4.40. The molecule has 27 heavy (non-hydrogen) atoms. The van der Waals surface area contributed by atoms with Crippen LogP contribution in [0.4, 0.5) is 10.5 Å². The molecule has 0 bridgehead atoms. The van der Waals surface area contributed by atoms with E-state index < -0.39 is 16.8 Å². The number of rotatable bonds is 3. The molecule has 0 saturated heterocycles. The van der Waals surface area contributed by atoms with Gasteiger partial charge >= 0.3 is 6.09 Å². The minimum atomic E-state index is -0.700. The molecule has 1 N–H and O–H groups in total. The minimum absolute atomic E-state index is 0.118. The lowest BCUT2D eigenvalue weighted by Gasteiger charge is -2.07. The number of ether oxygens (including phenoxy) is 1. The van der Waals surface area contributed by atoms with Crippen molar-refractivity contribution in [1.82, 2.24) is 9.55 Å². The molecule has 0 radical (unpaired) electrons. The summed E-state index contributed by atoms with van der Waals surface area (Å²) < 4.78 is 5.94. The Balaban J connectivity index is 1.96. The Morgan fingerprint density at radius 1 is 1.07 bits per heavy atom. The van der Waals surface area contributed by atoms with Gasteiger partial charge in [-0.15, -0.1) is 0 Å². The van der Waals surface area contributed by atoms with Crippen LogP contribution in [0.3, 0.4) is 0 Å². The molecule has 0 aliphatic rings. The standard InChI is InChI=1S/C19H13N3O5/c1-27-19(24)21-10-15-16(13-4-2-3-5-14(13)20-15)17(21)18(23)11-6-8-12(9-7-11)22(25)26/h2-10,20H,1H3. The molecule has 0 fully saturated rings. The van der Waals surface area contributed by atoms with Crippen molar-refractivity contribution in [2.24, 2.45) is 0 Å². The fourth-order valence-electron chi connectivity index (χ4n) is 3.17. The fourth-order valence-corrected chi connectivity index (χ4v) is 3.17. The van der Waals surface area contributed by atoms with Crippen LogP contribution in [0.25, 0.3) is 21.8 Å². The number of nitro groups is 1. The Morgan fingerprint density at radius 3 is 2.44 bits per heavy atom. The zero-order chi connectivity index (χ0) is 19.1. The van der Waals surface area contributed by atoms with Crippen LogP contribution in [0.1, 0.15) is 16.1 Å². The molecule has 8 heteroatoms. The number of para-hydroxylation sites is 1. The zero-order valence-corrected chi connectivity index (χ0v) is 14.1. The number of carbonyl (C=O) groups excluding carboxylic acids is 2. The molecule has 2 aromatic heterocycles. The first-order valence-corrected chi connectivity index (χ1v) is 8.00. The highest BCUT2D eigenvalue weighted by molar-refractivity contribution is 6.23. The van der Waals surface area contributed by atoms with E-state index in [9.17, 15) is 19.7 Å². The SMILES string of the molecule is COC(=O)n1cc2[nH]c3ccccc3c2c1C(=O)c1ccc([N+](=O)[O-])cc1. The summed E-state index contributed by atoms with van der Waals surface area (Å²) in [6.07, 6.45) is 0.814. The molecule has 0 spiro atoms. The summed E-state index contributed by atoms with van der Waals surface area (Å²) in [7, 11) is 1.23. The molecule has 0 atom stereocenters. The van der Waals surface area contributed by atoms with Gasteiger partial charge in [-0.05, 0) is 18.2 Å². The van der Waals surface area contributed by atoms with Crippen molar-refractivity contribution >= 4 is 39.4 Å². The number of nitro benzene ring substituents is 1. The molecule has 2 heterocycles. The average molecular weight is 363 g/mol. The van der Waals surface area contributed by atoms with E-state index in [1.54, 1.807) is 0 Å². The largest absolute Gasteiger partial charge is 0.452 e. The molecule has 0 saturated carbocycles. The number of aromatic nitrogens is 2. The van der Waals surface area contributed by atoms with Crippen molar-refractivity contribution in [3.05, 3.63) is 76.1 Å². The number of benzene rings is 2. The summed E-state index contributed by atoms with van der Waals surface area (Å²) in [5.74, 6) is -0.435. The van der Waals surface area contributed by atoms with Gasteiger partial charge in [0.25, 0.3) is 5.69 Å². The topological polar surface area (TPSA) is 107 Å². The van der Waals surface area contributed by atoms with Crippen LogP contribution in [0, 0.1) is 10.1 Å². The fraction of sp³-hybridized carbons (Fsp3) is 0.0526. The minimum Gasteiger partial charge on any atom is -0.452 e. The molecule has 4 aromatic rings. The van der Waals surface area contributed by atoms with Crippen molar-refractivity contribution in [3.8, 4) is 0 Å². The van der Waals surface area contributed by atoms with Gasteiger partial charge < -0.3 is 9.72 Å². The second-order valence-electron chi connectivity index (χ2n) is 5.91. The third kappa shape index (κ3) is 2.54. The highest BCUT2D eigenvalue weighted by atomic mass is 16.6. The second kappa shape index (κ2) is 6.10. The Morgan fingerprint density at radius 2 is 1.78 bits per heavy atom. The van der Waals surface area contributed by atoms with Gasteiger partial charge in [0.1, 0.15) is 5.69 Å². The van der Waals surface area contributed by atoms with E-state index in [0.717, 1.165) is 15.5 Å². The van der Waals surface area contributed by atoms with E-state index in [1.807, 2.05) is 24.3 Å². The highest BCUT2D eigenvalue weighted by Gasteiger charge is 2.25. The molecule has 4 rings (SSSR count). The number of ketones is 1. The van der Waals surface area contributed by atoms with E-state index in [0.29, 0.717) is 10.9 Å². The zero-order valence-electron chi connectivity index (χ0n) is 14.1. The van der Waals surface area contributed by atoms with Gasteiger partial charge in [-0.3, -0.25) is 14.9 Å². The van der Waals surface area contributed by atoms with Crippen LogP contribution in [0.15, 0.2) is 54.7 Å². The Kier molecular flexibility index (Phi) is 3.73. The number of fused-ring (bicyclic) bond motifs is 3. The average Bonchev–Trinajstić information content (AvgIpc) is 3.23. The molecular formula is C19H13N3O5. The van der Waals surface area contributed by atoms with Crippen molar-refractivity contribution in [2.75, 3.05) is 7.11 Å². The lowest BCUT2D eigenvalue weighted by atomic mass is 10.0. The van der Waals surface area contributed by atoms with Gasteiger partial charge in [0.05, 0.1) is 17.5 Å². The van der Waals surface area contributed by atoms with Gasteiger partial charge in [0.15, 0.2) is 0 Å². The number of nitrogens with zero attached hydrogens (tertiary/aromatic N) is 2. The molecule has 2 aromatic carbocycles. The molecule has 0 aliphatic heterocycles. The number of aromatic amines is 1. The van der Waals surface area contributed by atoms with Crippen LogP contribution in [0.5, 0.6) is 0 Å². The van der Waals surface area contributed by atoms with Crippen molar-refractivity contribution in [3.63, 3.8) is 0 Å². The van der Waals surface area contributed by atoms with Gasteiger partial charge in [0.2, 0.25) is 5.78 Å². The van der Waals surface area contributed by atoms with Gasteiger partial charge in [-0.25, -0.2) is 9.36 Å². The number of hydrogen-bond donors (Lipinski definition) is 1. The Labute approximate surface area is 152 Å². The first-order valence-electron chi connectivity index (χ1n) is 8.00. The van der Waals surface area contributed by atoms with Crippen molar-refractivity contribution < 1.29 is 19.2 Å². The monoisotopic (exact) mass is 363 g/mol. The van der Waals surface area contributed by atoms with Crippen molar-refractivity contribution in [1.29, 1.82) is 0 Å². The number of carbonyl (C=O) groups is 2. The van der Waals surface area contributed by atoms with E-state index in [4.69, 9.17) is 4.74 Å².